The van der Waals surface area contributed by atoms with E-state index in [1.807, 2.05) is 18.2 Å². The van der Waals surface area contributed by atoms with Crippen molar-refractivity contribution in [2.45, 2.75) is 46.0 Å². The van der Waals surface area contributed by atoms with E-state index < -0.39 is 0 Å². The maximum atomic E-state index is 6.77. The van der Waals surface area contributed by atoms with Gasteiger partial charge in [-0.05, 0) is 143 Å². The van der Waals surface area contributed by atoms with Crippen LogP contribution in [0.5, 0.6) is 11.5 Å². The zero-order valence-corrected chi connectivity index (χ0v) is 37.5. The van der Waals surface area contributed by atoms with Gasteiger partial charge in [-0.25, -0.2) is 0 Å². The lowest BCUT2D eigenvalue weighted by Gasteiger charge is -2.47. The van der Waals surface area contributed by atoms with Crippen LogP contribution in [0.3, 0.4) is 0 Å². The predicted molar refractivity (Wildman–Crippen MR) is 270 cm³/mol. The summed E-state index contributed by atoms with van der Waals surface area (Å²) in [5, 5.41) is 2.21. The lowest BCUT2D eigenvalue weighted by Crippen LogP contribution is -2.56. The molecule has 320 valence electrons. The number of allylic oxidation sites excluding steroid dienone is 4. The SMILES string of the molecule is Cc1cc2c3c(c1)N(c1ccc(C(C)(C)C)cc1-c1ccccc1)c1c(ccc4c1OCCO4)B3C1=C(CCC(c3cc4ccccc4o3)=C1)N2c1ccc(-c2cc3ccccc3o2)cc1. The van der Waals surface area contributed by atoms with Crippen LogP contribution < -0.4 is 30.2 Å². The van der Waals surface area contributed by atoms with E-state index in [9.17, 15) is 0 Å². The van der Waals surface area contributed by atoms with Crippen molar-refractivity contribution >= 4 is 73.6 Å². The van der Waals surface area contributed by atoms with E-state index in [-0.39, 0.29) is 12.1 Å². The molecule has 7 heteroatoms. The highest BCUT2D eigenvalue weighted by Crippen LogP contribution is 2.54. The normalized spacial score (nSPS) is 15.2. The van der Waals surface area contributed by atoms with Gasteiger partial charge < -0.3 is 28.1 Å². The van der Waals surface area contributed by atoms with Gasteiger partial charge in [-0.15, -0.1) is 0 Å². The van der Waals surface area contributed by atoms with Crippen LogP contribution in [0.4, 0.5) is 28.4 Å². The minimum Gasteiger partial charge on any atom is -0.486 e. The fraction of sp³-hybridized carbons (Fsp3) is 0.153. The van der Waals surface area contributed by atoms with Gasteiger partial charge in [0.05, 0.1) is 11.4 Å². The van der Waals surface area contributed by atoms with Crippen LogP contribution >= 0.6 is 0 Å². The van der Waals surface area contributed by atoms with E-state index in [0.717, 1.165) is 97.2 Å². The van der Waals surface area contributed by atoms with E-state index in [0.29, 0.717) is 13.2 Å². The molecule has 0 unspecified atom stereocenters. The van der Waals surface area contributed by atoms with Crippen molar-refractivity contribution in [3.63, 3.8) is 0 Å². The first-order valence-electron chi connectivity index (χ1n) is 23.1. The third-order valence-electron chi connectivity index (χ3n) is 13.9. The number of aryl methyl sites for hydroxylation is 1. The lowest BCUT2D eigenvalue weighted by molar-refractivity contribution is 0.172. The molecule has 2 aromatic heterocycles. The summed E-state index contributed by atoms with van der Waals surface area (Å²) in [6, 6.07) is 56.8. The van der Waals surface area contributed by atoms with Crippen LogP contribution in [0.25, 0.3) is 50.0 Å². The van der Waals surface area contributed by atoms with Crippen LogP contribution in [0.15, 0.2) is 184 Å². The molecule has 0 radical (unpaired) electrons. The monoisotopic (exact) mass is 858 g/mol. The van der Waals surface area contributed by atoms with E-state index in [4.69, 9.17) is 18.3 Å². The summed E-state index contributed by atoms with van der Waals surface area (Å²) >= 11 is 0. The van der Waals surface area contributed by atoms with Crippen molar-refractivity contribution in [3.05, 3.63) is 192 Å². The largest absolute Gasteiger partial charge is 0.486 e. The summed E-state index contributed by atoms with van der Waals surface area (Å²) in [6.45, 7) is 9.97. The molecular formula is C59H47BN2O4. The van der Waals surface area contributed by atoms with Crippen molar-refractivity contribution in [1.29, 1.82) is 0 Å². The molecule has 66 heavy (non-hydrogen) atoms. The first kappa shape index (κ1) is 38.8. The van der Waals surface area contributed by atoms with Gasteiger partial charge in [0, 0.05) is 44.7 Å². The van der Waals surface area contributed by atoms with Crippen molar-refractivity contribution in [2.75, 3.05) is 23.0 Å². The molecule has 9 aromatic rings. The molecule has 0 saturated heterocycles. The van der Waals surface area contributed by atoms with Gasteiger partial charge in [-0.1, -0.05) is 106 Å². The molecular weight excluding hydrogens is 811 g/mol. The van der Waals surface area contributed by atoms with Crippen molar-refractivity contribution in [3.8, 4) is 33.9 Å². The maximum absolute atomic E-state index is 6.77. The molecule has 1 aliphatic carbocycles. The van der Waals surface area contributed by atoms with Gasteiger partial charge in [-0.2, -0.15) is 0 Å². The minimum atomic E-state index is -0.104. The number of fused-ring (bicyclic) bond motifs is 7. The average molecular weight is 859 g/mol. The van der Waals surface area contributed by atoms with E-state index >= 15 is 0 Å². The van der Waals surface area contributed by atoms with Crippen molar-refractivity contribution in [1.82, 2.24) is 0 Å². The zero-order chi connectivity index (χ0) is 44.3. The van der Waals surface area contributed by atoms with Crippen molar-refractivity contribution in [2.24, 2.45) is 0 Å². The Bertz CT molecular complexity index is 3430. The number of anilines is 5. The van der Waals surface area contributed by atoms with E-state index in [1.165, 1.54) is 44.5 Å². The second-order valence-corrected chi connectivity index (χ2v) is 19.1. The molecule has 0 spiro atoms. The average Bonchev–Trinajstić information content (AvgIpc) is 3.99. The fourth-order valence-corrected chi connectivity index (χ4v) is 10.8. The highest BCUT2D eigenvalue weighted by atomic mass is 16.6. The summed E-state index contributed by atoms with van der Waals surface area (Å²) in [7, 11) is 0. The molecule has 0 atom stereocenters. The number of ether oxygens (including phenoxy) is 2. The highest BCUT2D eigenvalue weighted by molar-refractivity contribution is 6.95. The number of hydrogen-bond donors (Lipinski definition) is 0. The molecule has 4 aliphatic rings. The number of hydrogen-bond acceptors (Lipinski definition) is 6. The third-order valence-corrected chi connectivity index (χ3v) is 13.9. The van der Waals surface area contributed by atoms with Crippen LogP contribution in [0.2, 0.25) is 0 Å². The molecule has 0 amide bonds. The van der Waals surface area contributed by atoms with E-state index in [2.05, 4.69) is 183 Å². The fourth-order valence-electron chi connectivity index (χ4n) is 10.8. The summed E-state index contributed by atoms with van der Waals surface area (Å²) in [5.74, 6) is 3.34. The van der Waals surface area contributed by atoms with E-state index in [1.54, 1.807) is 0 Å². The Morgan fingerprint density at radius 3 is 2.00 bits per heavy atom. The Labute approximate surface area is 385 Å². The standard InChI is InChI=1S/C59H47BN2O4/c1-36-30-49-56-50(31-36)62(47-26-21-42(59(2,3)4)35-44(47)37-12-6-5-7-13-37)57-45(24-27-53-58(57)64-29-28-63-53)60(56)46-32-41(55-34-40-15-9-11-17-52(40)66-55)20-25-48(46)61(49)43-22-18-38(19-23-43)54-33-39-14-8-10-16-51(39)65-54/h5-19,21-24,26-27,30-35H,20,25,28-29H2,1-4H3. The second kappa shape index (κ2) is 14.7. The quantitative estimate of drug-likeness (QED) is 0.161. The van der Waals surface area contributed by atoms with Crippen LogP contribution in [-0.2, 0) is 5.41 Å². The Morgan fingerprint density at radius 1 is 0.576 bits per heavy atom. The van der Waals surface area contributed by atoms with Crippen LogP contribution in [0.1, 0.15) is 50.5 Å². The summed E-state index contributed by atoms with van der Waals surface area (Å²) in [6.07, 6.45) is 4.11. The number of benzene rings is 7. The Kier molecular flexibility index (Phi) is 8.64. The molecule has 13 rings (SSSR count). The molecule has 0 bridgehead atoms. The Morgan fingerprint density at radius 2 is 1.26 bits per heavy atom. The first-order valence-corrected chi connectivity index (χ1v) is 23.1. The Hall–Kier alpha value is -7.64. The van der Waals surface area contributed by atoms with Gasteiger partial charge in [-0.3, -0.25) is 0 Å². The van der Waals surface area contributed by atoms with Gasteiger partial charge in [0.2, 0.25) is 0 Å². The molecule has 6 nitrogen and oxygen atoms in total. The minimum absolute atomic E-state index is 0.0558. The van der Waals surface area contributed by atoms with Crippen molar-refractivity contribution < 1.29 is 18.3 Å². The summed E-state index contributed by atoms with van der Waals surface area (Å²) < 4.78 is 26.2. The molecule has 0 N–H and O–H groups in total. The molecule has 3 aliphatic heterocycles. The van der Waals surface area contributed by atoms with Crippen LogP contribution in [-0.4, -0.2) is 19.9 Å². The van der Waals surface area contributed by atoms with Gasteiger partial charge in [0.1, 0.15) is 35.9 Å². The van der Waals surface area contributed by atoms with Gasteiger partial charge >= 0.3 is 0 Å². The van der Waals surface area contributed by atoms with Gasteiger partial charge in [0.15, 0.2) is 11.5 Å². The number of nitrogens with zero attached hydrogens (tertiary/aromatic N) is 2. The first-order chi connectivity index (χ1) is 32.2. The summed E-state index contributed by atoms with van der Waals surface area (Å²) in [5.41, 5.74) is 19.3. The molecule has 0 saturated carbocycles. The molecule has 7 aromatic carbocycles. The smallest absolute Gasteiger partial charge is 0.251 e. The molecule has 0 fully saturated rings. The molecule has 5 heterocycles. The maximum Gasteiger partial charge on any atom is 0.251 e. The Balaban J connectivity index is 1.08. The third kappa shape index (κ3) is 6.10. The number of rotatable bonds is 5. The number of furan rings is 2. The topological polar surface area (TPSA) is 51.2 Å². The van der Waals surface area contributed by atoms with Crippen LogP contribution in [0, 0.1) is 6.92 Å². The summed E-state index contributed by atoms with van der Waals surface area (Å²) in [4.78, 5) is 5.02. The lowest BCUT2D eigenvalue weighted by atomic mass is 9.32. The second-order valence-electron chi connectivity index (χ2n) is 19.1. The number of para-hydroxylation sites is 2. The van der Waals surface area contributed by atoms with Gasteiger partial charge in [0.25, 0.3) is 6.71 Å². The highest BCUT2D eigenvalue weighted by Gasteiger charge is 2.47. The predicted octanol–water partition coefficient (Wildman–Crippen LogP) is 14.1. The zero-order valence-electron chi connectivity index (χ0n) is 37.5.